The van der Waals surface area contributed by atoms with Crippen LogP contribution in [0.4, 0.5) is 10.5 Å². The number of primary amides is 1. The minimum atomic E-state index is -1.49. The Morgan fingerprint density at radius 2 is 1.30 bits per heavy atom. The molecule has 1 aromatic rings. The third-order valence-electron chi connectivity index (χ3n) is 7.52. The van der Waals surface area contributed by atoms with Gasteiger partial charge in [-0.3, -0.25) is 14.4 Å². The lowest BCUT2D eigenvalue weighted by Crippen LogP contribution is -2.54. The Labute approximate surface area is 326 Å². The molecular weight excluding hydrogens is 740 g/mol. The van der Waals surface area contributed by atoms with Crippen molar-refractivity contribution in [1.82, 2.24) is 16.0 Å². The Morgan fingerprint density at radius 3 is 1.79 bits per heavy atom. The van der Waals surface area contributed by atoms with Crippen LogP contribution in [0, 0.1) is 5.92 Å². The van der Waals surface area contributed by atoms with Gasteiger partial charge in [0.2, 0.25) is 17.7 Å². The predicted molar refractivity (Wildman–Crippen MR) is 201 cm³/mol. The number of nitrogens with one attached hydrogen (secondary N) is 4. The molecule has 21 nitrogen and oxygen atoms in total. The summed E-state index contributed by atoms with van der Waals surface area (Å²) in [6.45, 7) is 8.15. The van der Waals surface area contributed by atoms with Crippen LogP contribution in [0.3, 0.4) is 0 Å². The monoisotopic (exact) mass is 798 g/mol. The number of hydrogen-bond donors (Lipinski definition) is 6. The molecule has 7 N–H and O–H groups in total. The lowest BCUT2D eigenvalue weighted by atomic mass is 10.0. The Kier molecular flexibility index (Phi) is 27.9. The van der Waals surface area contributed by atoms with E-state index in [1.165, 1.54) is 24.3 Å². The van der Waals surface area contributed by atoms with Gasteiger partial charge in [-0.1, -0.05) is 31.1 Å². The van der Waals surface area contributed by atoms with Crippen LogP contribution in [0.15, 0.2) is 29.4 Å². The van der Waals surface area contributed by atoms with E-state index in [4.69, 9.17) is 39.7 Å². The standard InChI is InChI=1S/C35H58N8O13/c1-25(2)30(42-29(44)10-13-51-15-17-53-19-21-55-23-24-56-22-20-54-18-16-52-14-12-39-43-37)33(47)41-28(5-4-11-38-35(36)49)32(46)40-27-8-6-26(7-9-27)31(45)34(48)50-3/h6-9,25,28,30-31,45H,4-5,10-24H2,1-3H3,(H,40,46)(H,41,47)(H,42,44)(H3,36,38,49)/t28-,30-,31?/m0/s1. The number of ether oxygens (including phenoxy) is 7. The average Bonchev–Trinajstić information content (AvgIpc) is 3.18. The maximum atomic E-state index is 13.4. The highest BCUT2D eigenvalue weighted by molar-refractivity contribution is 5.98. The molecular formula is C35H58N8O13. The second kappa shape index (κ2) is 31.6. The van der Waals surface area contributed by atoms with Crippen molar-refractivity contribution < 1.29 is 62.2 Å². The number of methoxy groups -OCH3 is 1. The summed E-state index contributed by atoms with van der Waals surface area (Å²) < 4.78 is 36.9. The fourth-order valence-electron chi connectivity index (χ4n) is 4.57. The molecule has 0 radical (unpaired) electrons. The van der Waals surface area contributed by atoms with Gasteiger partial charge in [-0.15, -0.1) is 0 Å². The number of azide groups is 1. The number of carbonyl (C=O) groups excluding carboxylic acids is 5. The maximum Gasteiger partial charge on any atom is 0.339 e. The molecule has 0 aliphatic rings. The van der Waals surface area contributed by atoms with Crippen LogP contribution < -0.4 is 27.0 Å². The number of nitrogens with two attached hydrogens (primary N) is 1. The number of anilines is 1. The molecule has 0 spiro atoms. The summed E-state index contributed by atoms with van der Waals surface area (Å²) >= 11 is 0. The van der Waals surface area contributed by atoms with Crippen LogP contribution in [0.5, 0.6) is 0 Å². The molecule has 3 atom stereocenters. The van der Waals surface area contributed by atoms with Crippen LogP contribution in [0.1, 0.15) is 44.8 Å². The van der Waals surface area contributed by atoms with Gasteiger partial charge < -0.3 is 65.3 Å². The Morgan fingerprint density at radius 1 is 0.786 bits per heavy atom. The first-order chi connectivity index (χ1) is 27.0. The lowest BCUT2D eigenvalue weighted by molar-refractivity contribution is -0.150. The first-order valence-electron chi connectivity index (χ1n) is 18.3. The third-order valence-corrected chi connectivity index (χ3v) is 7.52. The van der Waals surface area contributed by atoms with Crippen molar-refractivity contribution >= 4 is 35.4 Å². The smallest absolute Gasteiger partial charge is 0.339 e. The van der Waals surface area contributed by atoms with Crippen LogP contribution >= 0.6 is 0 Å². The average molecular weight is 799 g/mol. The minimum Gasteiger partial charge on any atom is -0.467 e. The van der Waals surface area contributed by atoms with Gasteiger partial charge in [-0.2, -0.15) is 0 Å². The molecule has 5 amide bonds. The Balaban J connectivity index is 2.37. The van der Waals surface area contributed by atoms with E-state index in [1.807, 2.05) is 0 Å². The van der Waals surface area contributed by atoms with Gasteiger partial charge in [0.15, 0.2) is 6.10 Å². The topological polar surface area (TPSA) is 293 Å². The summed E-state index contributed by atoms with van der Waals surface area (Å²) in [7, 11) is 1.15. The van der Waals surface area contributed by atoms with Crippen LogP contribution in [-0.4, -0.2) is 146 Å². The van der Waals surface area contributed by atoms with Crippen molar-refractivity contribution in [3.63, 3.8) is 0 Å². The van der Waals surface area contributed by atoms with Gasteiger partial charge in [-0.05, 0) is 42.0 Å². The summed E-state index contributed by atoms with van der Waals surface area (Å²) in [5, 5.41) is 23.9. The van der Waals surface area contributed by atoms with Gasteiger partial charge in [0.25, 0.3) is 0 Å². The van der Waals surface area contributed by atoms with Gasteiger partial charge in [0, 0.05) is 30.1 Å². The largest absolute Gasteiger partial charge is 0.467 e. The molecule has 1 rings (SSSR count). The van der Waals surface area contributed by atoms with Crippen LogP contribution in [0.2, 0.25) is 0 Å². The van der Waals surface area contributed by atoms with E-state index < -0.39 is 47.9 Å². The van der Waals surface area contributed by atoms with Gasteiger partial charge >= 0.3 is 12.0 Å². The number of nitrogens with zero attached hydrogens (tertiary/aromatic N) is 3. The second-order valence-corrected chi connectivity index (χ2v) is 12.2. The van der Waals surface area contributed by atoms with E-state index in [-0.39, 0.29) is 50.6 Å². The molecule has 0 aliphatic carbocycles. The molecule has 1 aromatic carbocycles. The van der Waals surface area contributed by atoms with E-state index in [0.29, 0.717) is 78.2 Å². The highest BCUT2D eigenvalue weighted by Gasteiger charge is 2.29. The van der Waals surface area contributed by atoms with E-state index in [9.17, 15) is 29.1 Å². The number of hydrogen-bond acceptors (Lipinski definition) is 14. The zero-order chi connectivity index (χ0) is 41.4. The number of aliphatic hydroxyl groups is 1. The fourth-order valence-corrected chi connectivity index (χ4v) is 4.57. The molecule has 0 bridgehead atoms. The molecule has 0 saturated carbocycles. The Bertz CT molecular complexity index is 1330. The first kappa shape index (κ1) is 49.4. The predicted octanol–water partition coefficient (Wildman–Crippen LogP) is 0.706. The summed E-state index contributed by atoms with van der Waals surface area (Å²) in [5.41, 5.74) is 13.9. The highest BCUT2D eigenvalue weighted by Crippen LogP contribution is 2.18. The van der Waals surface area contributed by atoms with Gasteiger partial charge in [0.1, 0.15) is 12.1 Å². The summed E-state index contributed by atoms with van der Waals surface area (Å²) in [5.74, 6) is -2.73. The maximum absolute atomic E-state index is 13.4. The number of aliphatic hydroxyl groups excluding tert-OH is 1. The summed E-state index contributed by atoms with van der Waals surface area (Å²) in [6.07, 6.45) is -1.08. The first-order valence-corrected chi connectivity index (χ1v) is 18.3. The quantitative estimate of drug-likeness (QED) is 0.0188. The Hall–Kier alpha value is -4.60. The molecule has 0 fully saturated rings. The zero-order valence-corrected chi connectivity index (χ0v) is 32.4. The molecule has 1 unspecified atom stereocenters. The summed E-state index contributed by atoms with van der Waals surface area (Å²) in [4.78, 5) is 64.7. The normalized spacial score (nSPS) is 12.5. The molecule has 316 valence electrons. The van der Waals surface area contributed by atoms with E-state index in [2.05, 4.69) is 36.0 Å². The molecule has 0 saturated heterocycles. The number of amides is 5. The number of benzene rings is 1. The van der Waals surface area contributed by atoms with Gasteiger partial charge in [0.05, 0.1) is 86.4 Å². The van der Waals surface area contributed by atoms with Crippen molar-refractivity contribution in [3.8, 4) is 0 Å². The lowest BCUT2D eigenvalue weighted by Gasteiger charge is -2.25. The van der Waals surface area contributed by atoms with Gasteiger partial charge in [-0.25, -0.2) is 9.59 Å². The molecule has 0 aliphatic heterocycles. The van der Waals surface area contributed by atoms with E-state index in [0.717, 1.165) is 7.11 Å². The SMILES string of the molecule is COC(=O)C(O)c1ccc(NC(=O)[C@H](CCCNC(N)=O)NC(=O)[C@@H](NC(=O)CCOCCOCCOCCOCCOCCOCCN=[N+]=[N-])C(C)C)cc1. The molecule has 56 heavy (non-hydrogen) atoms. The number of carbonyl (C=O) groups is 5. The van der Waals surface area contributed by atoms with E-state index >= 15 is 0 Å². The van der Waals surface area contributed by atoms with Crippen molar-refractivity contribution in [2.75, 3.05) is 105 Å². The fraction of sp³-hybridized carbons (Fsp3) is 0.686. The number of esters is 1. The van der Waals surface area contributed by atoms with Crippen molar-refractivity contribution in [2.45, 2.75) is 51.3 Å². The zero-order valence-electron chi connectivity index (χ0n) is 32.4. The van der Waals surface area contributed by atoms with Crippen molar-refractivity contribution in [3.05, 3.63) is 40.3 Å². The van der Waals surface area contributed by atoms with Crippen molar-refractivity contribution in [1.29, 1.82) is 0 Å². The minimum absolute atomic E-state index is 0.0132. The number of rotatable bonds is 33. The molecule has 21 heteroatoms. The third kappa shape index (κ3) is 24.0. The van der Waals surface area contributed by atoms with Crippen LogP contribution in [0.25, 0.3) is 10.4 Å². The van der Waals surface area contributed by atoms with Crippen LogP contribution in [-0.2, 0) is 52.3 Å². The van der Waals surface area contributed by atoms with Crippen molar-refractivity contribution in [2.24, 2.45) is 16.8 Å². The molecule has 0 heterocycles. The van der Waals surface area contributed by atoms with E-state index in [1.54, 1.807) is 13.8 Å². The number of urea groups is 1. The second-order valence-electron chi connectivity index (χ2n) is 12.2. The summed E-state index contributed by atoms with van der Waals surface area (Å²) in [6, 6.07) is 3.10. The molecule has 0 aromatic heterocycles. The highest BCUT2D eigenvalue weighted by atomic mass is 16.6.